The lowest BCUT2D eigenvalue weighted by atomic mass is 10.2. The second-order valence-electron chi connectivity index (χ2n) is 2.12. The van der Waals surface area contributed by atoms with Crippen molar-refractivity contribution in [3.05, 3.63) is 0 Å². The lowest BCUT2D eigenvalue weighted by Gasteiger charge is -1.92. The molecule has 0 unspecified atom stereocenters. The first kappa shape index (κ1) is 8.18. The first-order chi connectivity index (χ1) is 3.91. The molecule has 1 radical (unpaired) electrons. The van der Waals surface area contributed by atoms with Gasteiger partial charge in [-0.1, -0.05) is 32.6 Å². The highest BCUT2D eigenvalue weighted by Crippen LogP contribution is 2.00. The summed E-state index contributed by atoms with van der Waals surface area (Å²) in [7, 11) is -0.864. The summed E-state index contributed by atoms with van der Waals surface area (Å²) >= 11 is 0. The van der Waals surface area contributed by atoms with Crippen molar-refractivity contribution < 1.29 is 4.80 Å². The van der Waals surface area contributed by atoms with Crippen molar-refractivity contribution in [2.24, 2.45) is 0 Å². The molecule has 0 aromatic heterocycles. The average Bonchev–Trinajstić information content (AvgIpc) is 1.81. The molecule has 0 fully saturated rings. The van der Waals surface area contributed by atoms with Gasteiger partial charge < -0.3 is 4.80 Å². The summed E-state index contributed by atoms with van der Waals surface area (Å²) in [6, 6.07) is 1.01. The van der Waals surface area contributed by atoms with Crippen LogP contribution >= 0.6 is 0 Å². The van der Waals surface area contributed by atoms with Gasteiger partial charge in [0.15, 0.2) is 0 Å². The van der Waals surface area contributed by atoms with Gasteiger partial charge in [-0.2, -0.15) is 0 Å². The summed E-state index contributed by atoms with van der Waals surface area (Å²) in [5.41, 5.74) is 0. The standard InChI is InChI=1S/C6H15OSi/c1-2-3-4-5-6-8-7/h2-6,8H2,1H3. The van der Waals surface area contributed by atoms with E-state index < -0.39 is 9.76 Å². The first-order valence-electron chi connectivity index (χ1n) is 3.50. The Labute approximate surface area is 54.1 Å². The fraction of sp³-hybridized carbons (Fsp3) is 1.00. The van der Waals surface area contributed by atoms with Crippen LogP contribution in [0.15, 0.2) is 0 Å². The Morgan fingerprint density at radius 2 is 2.00 bits per heavy atom. The zero-order valence-electron chi connectivity index (χ0n) is 5.65. The summed E-state index contributed by atoms with van der Waals surface area (Å²) in [6.07, 6.45) is 5.07. The topological polar surface area (TPSA) is 19.9 Å². The van der Waals surface area contributed by atoms with Crippen LogP contribution in [0.3, 0.4) is 0 Å². The summed E-state index contributed by atoms with van der Waals surface area (Å²) in [5, 5.41) is 0. The normalized spacial score (nSPS) is 11.2. The van der Waals surface area contributed by atoms with Crippen molar-refractivity contribution in [2.45, 2.75) is 38.7 Å². The van der Waals surface area contributed by atoms with Crippen molar-refractivity contribution >= 4 is 9.76 Å². The highest BCUT2D eigenvalue weighted by molar-refractivity contribution is 6.24. The largest absolute Gasteiger partial charge is 0.306 e. The molecule has 0 aromatic carbocycles. The maximum atomic E-state index is 10.0. The van der Waals surface area contributed by atoms with E-state index in [0.717, 1.165) is 6.04 Å². The summed E-state index contributed by atoms with van der Waals surface area (Å²) in [4.78, 5) is 10.0. The predicted octanol–water partition coefficient (Wildman–Crippen LogP) is 1.50. The molecule has 0 spiro atoms. The Morgan fingerprint density at radius 3 is 2.50 bits per heavy atom. The minimum atomic E-state index is -0.864. The third kappa shape index (κ3) is 6.18. The van der Waals surface area contributed by atoms with E-state index in [0.29, 0.717) is 0 Å². The fourth-order valence-electron chi connectivity index (χ4n) is 0.706. The molecule has 0 aliphatic rings. The molecular weight excluding hydrogens is 116 g/mol. The number of hydrogen-bond donors (Lipinski definition) is 0. The second kappa shape index (κ2) is 7.18. The van der Waals surface area contributed by atoms with Crippen molar-refractivity contribution in [3.63, 3.8) is 0 Å². The second-order valence-corrected chi connectivity index (χ2v) is 3.23. The summed E-state index contributed by atoms with van der Waals surface area (Å²) in [5.74, 6) is 0. The van der Waals surface area contributed by atoms with Gasteiger partial charge in [-0.15, -0.1) is 0 Å². The van der Waals surface area contributed by atoms with Crippen LogP contribution in [0.5, 0.6) is 0 Å². The van der Waals surface area contributed by atoms with Crippen molar-refractivity contribution in [3.8, 4) is 0 Å². The molecular formula is C6H15OSi. The van der Waals surface area contributed by atoms with Gasteiger partial charge in [0.25, 0.3) is 0 Å². The molecule has 0 rings (SSSR count). The smallest absolute Gasteiger partial charge is 0.207 e. The van der Waals surface area contributed by atoms with E-state index in [4.69, 9.17) is 0 Å². The van der Waals surface area contributed by atoms with E-state index >= 15 is 0 Å². The van der Waals surface area contributed by atoms with E-state index in [1.54, 1.807) is 0 Å². The van der Waals surface area contributed by atoms with Crippen LogP contribution in [-0.2, 0) is 4.80 Å². The minimum Gasteiger partial charge on any atom is -0.306 e. The molecule has 0 N–H and O–H groups in total. The van der Waals surface area contributed by atoms with E-state index in [9.17, 15) is 4.80 Å². The van der Waals surface area contributed by atoms with Crippen molar-refractivity contribution in [2.75, 3.05) is 0 Å². The van der Waals surface area contributed by atoms with Gasteiger partial charge in [-0.05, 0) is 6.04 Å². The number of unbranched alkanes of at least 4 members (excludes halogenated alkanes) is 3. The molecule has 0 aliphatic carbocycles. The summed E-state index contributed by atoms with van der Waals surface area (Å²) < 4.78 is 0. The molecule has 0 saturated heterocycles. The third-order valence-corrected chi connectivity index (χ3v) is 2.04. The lowest BCUT2D eigenvalue weighted by molar-refractivity contribution is 0.469. The molecule has 0 aromatic rings. The minimum absolute atomic E-state index is 0.864. The lowest BCUT2D eigenvalue weighted by Crippen LogP contribution is -1.83. The zero-order chi connectivity index (χ0) is 6.24. The van der Waals surface area contributed by atoms with Gasteiger partial charge in [-0.3, -0.25) is 0 Å². The zero-order valence-corrected chi connectivity index (χ0v) is 7.07. The maximum absolute atomic E-state index is 10.0. The predicted molar refractivity (Wildman–Crippen MR) is 38.2 cm³/mol. The van der Waals surface area contributed by atoms with Crippen LogP contribution in [0.25, 0.3) is 0 Å². The molecule has 0 aliphatic heterocycles. The SMILES string of the molecule is CCCCCC[SiH2][O]. The highest BCUT2D eigenvalue weighted by Gasteiger charge is 1.86. The Balaban J connectivity index is 2.53. The Kier molecular flexibility index (Phi) is 7.34. The Hall–Kier alpha value is 0.177. The molecule has 0 atom stereocenters. The van der Waals surface area contributed by atoms with Gasteiger partial charge >= 0.3 is 0 Å². The van der Waals surface area contributed by atoms with Gasteiger partial charge in [0.2, 0.25) is 9.76 Å². The van der Waals surface area contributed by atoms with E-state index in [1.165, 1.54) is 25.7 Å². The van der Waals surface area contributed by atoms with Gasteiger partial charge in [0.1, 0.15) is 0 Å². The quantitative estimate of drug-likeness (QED) is 0.398. The molecule has 49 valence electrons. The van der Waals surface area contributed by atoms with Crippen LogP contribution < -0.4 is 0 Å². The first-order valence-corrected chi connectivity index (χ1v) is 5.07. The molecule has 2 heteroatoms. The van der Waals surface area contributed by atoms with Gasteiger partial charge in [-0.25, -0.2) is 0 Å². The van der Waals surface area contributed by atoms with Crippen LogP contribution in [0, 0.1) is 0 Å². The van der Waals surface area contributed by atoms with E-state index in [1.807, 2.05) is 0 Å². The van der Waals surface area contributed by atoms with Crippen LogP contribution in [-0.4, -0.2) is 9.76 Å². The van der Waals surface area contributed by atoms with Crippen molar-refractivity contribution in [1.29, 1.82) is 0 Å². The van der Waals surface area contributed by atoms with Crippen LogP contribution in [0.1, 0.15) is 32.6 Å². The van der Waals surface area contributed by atoms with Gasteiger partial charge in [0.05, 0.1) is 0 Å². The van der Waals surface area contributed by atoms with Crippen LogP contribution in [0.2, 0.25) is 6.04 Å². The van der Waals surface area contributed by atoms with E-state index in [-0.39, 0.29) is 0 Å². The monoisotopic (exact) mass is 131 g/mol. The number of hydrogen-bond acceptors (Lipinski definition) is 0. The molecule has 0 saturated carbocycles. The molecule has 0 bridgehead atoms. The van der Waals surface area contributed by atoms with E-state index in [2.05, 4.69) is 6.92 Å². The molecule has 8 heavy (non-hydrogen) atoms. The van der Waals surface area contributed by atoms with Crippen molar-refractivity contribution in [1.82, 2.24) is 0 Å². The number of rotatable bonds is 5. The fourth-order valence-corrected chi connectivity index (χ4v) is 1.26. The Morgan fingerprint density at radius 1 is 1.25 bits per heavy atom. The molecule has 0 amide bonds. The molecule has 1 nitrogen and oxygen atoms in total. The highest BCUT2D eigenvalue weighted by atomic mass is 28.2. The van der Waals surface area contributed by atoms with Gasteiger partial charge in [0, 0.05) is 0 Å². The van der Waals surface area contributed by atoms with Crippen LogP contribution in [0.4, 0.5) is 0 Å². The Bertz CT molecular complexity index is 33.5. The average molecular weight is 131 g/mol. The summed E-state index contributed by atoms with van der Waals surface area (Å²) in [6.45, 7) is 2.19. The molecule has 0 heterocycles. The maximum Gasteiger partial charge on any atom is 0.207 e. The third-order valence-electron chi connectivity index (χ3n) is 1.25.